The number of aromatic nitrogens is 3. The van der Waals surface area contributed by atoms with Gasteiger partial charge in [0.05, 0.1) is 41.4 Å². The zero-order valence-corrected chi connectivity index (χ0v) is 24.2. The van der Waals surface area contributed by atoms with Gasteiger partial charge in [-0.25, -0.2) is 4.79 Å². The highest BCUT2D eigenvalue weighted by Crippen LogP contribution is 2.30. The van der Waals surface area contributed by atoms with Crippen LogP contribution in [0.2, 0.25) is 0 Å². The highest BCUT2D eigenvalue weighted by Gasteiger charge is 2.35. The van der Waals surface area contributed by atoms with Crippen LogP contribution in [0.15, 0.2) is 30.6 Å². The summed E-state index contributed by atoms with van der Waals surface area (Å²) >= 11 is 0. The summed E-state index contributed by atoms with van der Waals surface area (Å²) in [6, 6.07) is 5.73. The van der Waals surface area contributed by atoms with Crippen molar-refractivity contribution in [3.05, 3.63) is 36.3 Å². The van der Waals surface area contributed by atoms with Crippen LogP contribution < -0.4 is 15.1 Å². The standard InChI is InChI=1S/C29H43N7O3/c1-20(27(37)31-22-15-24(34(5)6)17-30-16-22)25-12-13-26(33-32-25)35-14-8-11-23(19-35)36(18-21-9-7-10-21)28(38)39-29(2,3)4/h12-13,15-17,20-21,23H,7-11,14,18-19H2,1-6H3,(H,31,37)/t20?,23-/m1/s1. The number of carbonyl (C=O) groups is 2. The van der Waals surface area contributed by atoms with Crippen molar-refractivity contribution in [3.63, 3.8) is 0 Å². The monoisotopic (exact) mass is 537 g/mol. The van der Waals surface area contributed by atoms with Crippen molar-refractivity contribution in [2.24, 2.45) is 5.92 Å². The maximum absolute atomic E-state index is 13.2. The van der Waals surface area contributed by atoms with Gasteiger partial charge in [-0.05, 0) is 77.5 Å². The summed E-state index contributed by atoms with van der Waals surface area (Å²) in [5, 5.41) is 11.8. The van der Waals surface area contributed by atoms with Gasteiger partial charge in [-0.2, -0.15) is 5.10 Å². The van der Waals surface area contributed by atoms with Gasteiger partial charge in [0, 0.05) is 33.7 Å². The van der Waals surface area contributed by atoms with E-state index in [0.717, 1.165) is 37.4 Å². The van der Waals surface area contributed by atoms with Crippen LogP contribution in [0, 0.1) is 5.92 Å². The molecule has 0 bridgehead atoms. The number of ether oxygens (including phenoxy) is 1. The van der Waals surface area contributed by atoms with Crippen molar-refractivity contribution in [1.82, 2.24) is 20.1 Å². The molecule has 212 valence electrons. The van der Waals surface area contributed by atoms with Crippen LogP contribution in [0.3, 0.4) is 0 Å². The van der Waals surface area contributed by atoms with E-state index in [0.29, 0.717) is 23.8 Å². The molecule has 10 nitrogen and oxygen atoms in total. The molecule has 1 aliphatic heterocycles. The molecule has 10 heteroatoms. The Labute approximate surface area is 232 Å². The summed E-state index contributed by atoms with van der Waals surface area (Å²) in [5.41, 5.74) is 1.61. The maximum atomic E-state index is 13.2. The lowest BCUT2D eigenvalue weighted by Crippen LogP contribution is -2.53. The molecule has 1 N–H and O–H groups in total. The predicted molar refractivity (Wildman–Crippen MR) is 153 cm³/mol. The number of amides is 2. The number of rotatable bonds is 8. The van der Waals surface area contributed by atoms with Crippen LogP contribution in [0.25, 0.3) is 0 Å². The van der Waals surface area contributed by atoms with Gasteiger partial charge in [0.2, 0.25) is 5.91 Å². The van der Waals surface area contributed by atoms with Gasteiger partial charge in [-0.15, -0.1) is 5.10 Å². The van der Waals surface area contributed by atoms with Crippen LogP contribution in [0.4, 0.5) is 22.0 Å². The first-order chi connectivity index (χ1) is 18.5. The van der Waals surface area contributed by atoms with Crippen LogP contribution >= 0.6 is 0 Å². The van der Waals surface area contributed by atoms with Gasteiger partial charge < -0.3 is 24.8 Å². The fraction of sp³-hybridized carbons (Fsp3) is 0.621. The van der Waals surface area contributed by atoms with Crippen molar-refractivity contribution >= 4 is 29.2 Å². The van der Waals surface area contributed by atoms with Crippen LogP contribution in [0.5, 0.6) is 0 Å². The number of hydrogen-bond acceptors (Lipinski definition) is 8. The molecule has 3 heterocycles. The summed E-state index contributed by atoms with van der Waals surface area (Å²) in [6.45, 7) is 9.84. The predicted octanol–water partition coefficient (Wildman–Crippen LogP) is 4.69. The fourth-order valence-electron chi connectivity index (χ4n) is 4.92. The molecular formula is C29H43N7O3. The first kappa shape index (κ1) is 28.6. The van der Waals surface area contributed by atoms with Crippen LogP contribution in [-0.2, 0) is 9.53 Å². The SMILES string of the molecule is CC(C(=O)Nc1cncc(N(C)C)c1)c1ccc(N2CCC[C@@H](N(CC3CCC3)C(=O)OC(C)(C)C)C2)nn1. The lowest BCUT2D eigenvalue weighted by atomic mass is 9.84. The molecule has 2 fully saturated rings. The largest absolute Gasteiger partial charge is 0.444 e. The van der Waals surface area contributed by atoms with Gasteiger partial charge in [0.15, 0.2) is 5.82 Å². The number of hydrogen-bond donors (Lipinski definition) is 1. The topological polar surface area (TPSA) is 104 Å². The number of piperidine rings is 1. The van der Waals surface area contributed by atoms with Crippen molar-refractivity contribution in [3.8, 4) is 0 Å². The third kappa shape index (κ3) is 7.58. The van der Waals surface area contributed by atoms with E-state index in [1.54, 1.807) is 12.4 Å². The Hall–Kier alpha value is -3.43. The zero-order chi connectivity index (χ0) is 28.2. The lowest BCUT2D eigenvalue weighted by molar-refractivity contribution is -0.117. The minimum Gasteiger partial charge on any atom is -0.444 e. The minimum atomic E-state index is -0.529. The lowest BCUT2D eigenvalue weighted by Gasteiger charge is -2.42. The molecule has 1 saturated carbocycles. The molecule has 0 radical (unpaired) electrons. The second kappa shape index (κ2) is 12.2. The molecule has 2 atom stereocenters. The molecule has 2 aromatic heterocycles. The molecule has 1 aliphatic carbocycles. The molecule has 2 amide bonds. The Morgan fingerprint density at radius 1 is 1.13 bits per heavy atom. The molecule has 1 saturated heterocycles. The first-order valence-electron chi connectivity index (χ1n) is 14.0. The Morgan fingerprint density at radius 3 is 2.51 bits per heavy atom. The smallest absolute Gasteiger partial charge is 0.410 e. The highest BCUT2D eigenvalue weighted by molar-refractivity contribution is 5.95. The minimum absolute atomic E-state index is 0.0620. The highest BCUT2D eigenvalue weighted by atomic mass is 16.6. The van der Waals surface area contributed by atoms with E-state index >= 15 is 0 Å². The van der Waals surface area contributed by atoms with E-state index in [2.05, 4.69) is 25.4 Å². The second-order valence-corrected chi connectivity index (χ2v) is 12.0. The van der Waals surface area contributed by atoms with Crippen LogP contribution in [0.1, 0.15) is 71.4 Å². The summed E-state index contributed by atoms with van der Waals surface area (Å²) in [6.07, 6.45) is 8.62. The van der Waals surface area contributed by atoms with E-state index in [9.17, 15) is 9.59 Å². The van der Waals surface area contributed by atoms with E-state index in [1.807, 2.05) is 69.8 Å². The number of nitrogens with one attached hydrogen (secondary N) is 1. The molecule has 2 aromatic rings. The van der Waals surface area contributed by atoms with Gasteiger partial charge in [0.25, 0.3) is 0 Å². The Kier molecular flexibility index (Phi) is 8.92. The molecule has 39 heavy (non-hydrogen) atoms. The van der Waals surface area contributed by atoms with Crippen molar-refractivity contribution in [1.29, 1.82) is 0 Å². The molecule has 1 unspecified atom stereocenters. The van der Waals surface area contributed by atoms with Gasteiger partial charge >= 0.3 is 6.09 Å². The van der Waals surface area contributed by atoms with Gasteiger partial charge in [-0.3, -0.25) is 9.78 Å². The number of anilines is 3. The molecule has 0 spiro atoms. The second-order valence-electron chi connectivity index (χ2n) is 12.0. The summed E-state index contributed by atoms with van der Waals surface area (Å²) in [4.78, 5) is 36.3. The van der Waals surface area contributed by atoms with Crippen LogP contribution in [-0.4, -0.2) is 77.5 Å². The van der Waals surface area contributed by atoms with E-state index in [4.69, 9.17) is 4.74 Å². The average Bonchev–Trinajstić information content (AvgIpc) is 2.87. The Balaban J connectivity index is 1.40. The van der Waals surface area contributed by atoms with Gasteiger partial charge in [-0.1, -0.05) is 6.42 Å². The number of nitrogens with zero attached hydrogens (tertiary/aromatic N) is 6. The number of pyridine rings is 1. The zero-order valence-electron chi connectivity index (χ0n) is 24.2. The third-order valence-corrected chi connectivity index (χ3v) is 7.48. The molecular weight excluding hydrogens is 494 g/mol. The van der Waals surface area contributed by atoms with Crippen molar-refractivity contribution in [2.75, 3.05) is 48.8 Å². The Morgan fingerprint density at radius 2 is 1.90 bits per heavy atom. The van der Waals surface area contributed by atoms with Crippen molar-refractivity contribution < 1.29 is 14.3 Å². The number of carbonyl (C=O) groups excluding carboxylic acids is 2. The summed E-state index contributed by atoms with van der Waals surface area (Å²) < 4.78 is 5.79. The normalized spacial score (nSPS) is 18.6. The first-order valence-corrected chi connectivity index (χ1v) is 14.0. The maximum Gasteiger partial charge on any atom is 0.410 e. The quantitative estimate of drug-likeness (QED) is 0.517. The molecule has 0 aromatic carbocycles. The third-order valence-electron chi connectivity index (χ3n) is 7.48. The summed E-state index contributed by atoms with van der Waals surface area (Å²) in [7, 11) is 3.85. The molecule has 4 rings (SSSR count). The fourth-order valence-corrected chi connectivity index (χ4v) is 4.92. The summed E-state index contributed by atoms with van der Waals surface area (Å²) in [5.74, 6) is 0.665. The van der Waals surface area contributed by atoms with E-state index in [-0.39, 0.29) is 18.0 Å². The Bertz CT molecular complexity index is 1130. The van der Waals surface area contributed by atoms with Crippen molar-refractivity contribution in [2.45, 2.75) is 77.4 Å². The average molecular weight is 538 g/mol. The van der Waals surface area contributed by atoms with E-state index in [1.165, 1.54) is 19.3 Å². The molecule has 2 aliphatic rings. The van der Waals surface area contributed by atoms with Gasteiger partial charge in [0.1, 0.15) is 5.60 Å². The van der Waals surface area contributed by atoms with E-state index < -0.39 is 11.5 Å².